The molecule has 1 rings (SSSR count). The number of amides is 2. The number of hydrogen-bond acceptors (Lipinski definition) is 4. The molecule has 2 atom stereocenters. The van der Waals surface area contributed by atoms with Crippen LogP contribution in [0.25, 0.3) is 0 Å². The van der Waals surface area contributed by atoms with Crippen LogP contribution in [-0.2, 0) is 16.0 Å². The number of carbonyl (C=O) groups excluding carboxylic acids is 2. The molecule has 0 saturated heterocycles. The molecule has 1 aromatic rings. The number of aliphatic hydroxyl groups is 1. The molecule has 1 aromatic carbocycles. The lowest BCUT2D eigenvalue weighted by Gasteiger charge is -2.25. The summed E-state index contributed by atoms with van der Waals surface area (Å²) in [5.41, 5.74) is 0.356. The van der Waals surface area contributed by atoms with Crippen LogP contribution < -0.4 is 10.6 Å². The molecule has 0 aliphatic heterocycles. The third-order valence-corrected chi connectivity index (χ3v) is 5.57. The molecule has 0 radical (unpaired) electrons. The molecule has 34 heavy (non-hydrogen) atoms. The Balaban J connectivity index is 2.69. The molecule has 3 N–H and O–H groups in total. The van der Waals surface area contributed by atoms with Crippen LogP contribution in [0, 0.1) is 17.6 Å². The van der Waals surface area contributed by atoms with Crippen molar-refractivity contribution in [2.45, 2.75) is 84.8 Å². The number of benzene rings is 1. The lowest BCUT2D eigenvalue weighted by atomic mass is 10.00. The van der Waals surface area contributed by atoms with Gasteiger partial charge in [-0.15, -0.1) is 0 Å². The number of aliphatic hydroxyl groups excluding tert-OH is 1. The van der Waals surface area contributed by atoms with Gasteiger partial charge in [0.05, 0.1) is 12.1 Å². The number of nitrogens with one attached hydrogen (secondary N) is 2. The van der Waals surface area contributed by atoms with E-state index in [2.05, 4.69) is 24.5 Å². The summed E-state index contributed by atoms with van der Waals surface area (Å²) < 4.78 is 27.3. The maximum atomic E-state index is 13.6. The first-order chi connectivity index (χ1) is 16.2. The molecule has 0 fully saturated rings. The van der Waals surface area contributed by atoms with Gasteiger partial charge < -0.3 is 20.6 Å². The maximum Gasteiger partial charge on any atom is 0.222 e. The monoisotopic (exact) mass is 483 g/mol. The number of hydrogen-bond donors (Lipinski definition) is 3. The standard InChI is InChI=1S/C26H43F2N3O3/c1-5-12-31(13-6-2)26(34)9-7-8-25(33)30-23(24(32)18-29-11-10-19(3)4)16-20-14-21(27)17-22(28)15-20/h14-15,17,19,23-24,29,32H,5-13,16,18H2,1-4H3,(H,30,33)/t23-,24+/m0/s1. The molecule has 0 aliphatic carbocycles. The summed E-state index contributed by atoms with van der Waals surface area (Å²) in [5.74, 6) is -1.14. The Bertz CT molecular complexity index is 720. The second-order valence-corrected chi connectivity index (χ2v) is 9.34. The van der Waals surface area contributed by atoms with E-state index in [0.29, 0.717) is 31.0 Å². The van der Waals surface area contributed by atoms with Crippen LogP contribution in [0.1, 0.15) is 71.8 Å². The summed E-state index contributed by atoms with van der Waals surface area (Å²) in [5, 5.41) is 16.7. The maximum absolute atomic E-state index is 13.6. The zero-order valence-electron chi connectivity index (χ0n) is 21.2. The minimum Gasteiger partial charge on any atom is -0.390 e. The van der Waals surface area contributed by atoms with Gasteiger partial charge in [-0.05, 0) is 62.3 Å². The van der Waals surface area contributed by atoms with Crippen LogP contribution >= 0.6 is 0 Å². The fraction of sp³-hybridized carbons (Fsp3) is 0.692. The second-order valence-electron chi connectivity index (χ2n) is 9.34. The number of nitrogens with zero attached hydrogens (tertiary/aromatic N) is 1. The fourth-order valence-electron chi connectivity index (χ4n) is 3.79. The van der Waals surface area contributed by atoms with E-state index in [-0.39, 0.29) is 37.6 Å². The average molecular weight is 484 g/mol. The van der Waals surface area contributed by atoms with Crippen molar-refractivity contribution in [2.24, 2.45) is 5.92 Å². The van der Waals surface area contributed by atoms with E-state index in [0.717, 1.165) is 31.9 Å². The highest BCUT2D eigenvalue weighted by atomic mass is 19.1. The van der Waals surface area contributed by atoms with E-state index in [4.69, 9.17) is 0 Å². The lowest BCUT2D eigenvalue weighted by Crippen LogP contribution is -2.49. The van der Waals surface area contributed by atoms with Crippen LogP contribution in [0.5, 0.6) is 0 Å². The van der Waals surface area contributed by atoms with E-state index in [9.17, 15) is 23.5 Å². The van der Waals surface area contributed by atoms with Crippen molar-refractivity contribution in [3.8, 4) is 0 Å². The summed E-state index contributed by atoms with van der Waals surface area (Å²) in [6.45, 7) is 10.6. The predicted octanol–water partition coefficient (Wildman–Crippen LogP) is 3.81. The molecule has 0 bridgehead atoms. The summed E-state index contributed by atoms with van der Waals surface area (Å²) in [7, 11) is 0. The van der Waals surface area contributed by atoms with Crippen LogP contribution in [0.15, 0.2) is 18.2 Å². The van der Waals surface area contributed by atoms with Crippen LogP contribution in [-0.4, -0.2) is 60.1 Å². The van der Waals surface area contributed by atoms with Crippen LogP contribution in [0.3, 0.4) is 0 Å². The highest BCUT2D eigenvalue weighted by Gasteiger charge is 2.22. The molecular weight excluding hydrogens is 440 g/mol. The average Bonchev–Trinajstić information content (AvgIpc) is 2.75. The Labute approximate surface area is 203 Å². The van der Waals surface area contributed by atoms with Gasteiger partial charge in [-0.25, -0.2) is 8.78 Å². The highest BCUT2D eigenvalue weighted by Crippen LogP contribution is 2.13. The summed E-state index contributed by atoms with van der Waals surface area (Å²) in [4.78, 5) is 26.8. The Kier molecular flexibility index (Phi) is 14.6. The third kappa shape index (κ3) is 12.4. The first-order valence-corrected chi connectivity index (χ1v) is 12.6. The Morgan fingerprint density at radius 3 is 2.21 bits per heavy atom. The second kappa shape index (κ2) is 16.5. The molecular formula is C26H43F2N3O3. The van der Waals surface area contributed by atoms with Crippen molar-refractivity contribution in [1.29, 1.82) is 0 Å². The fourth-order valence-corrected chi connectivity index (χ4v) is 3.79. The van der Waals surface area contributed by atoms with Crippen molar-refractivity contribution in [3.63, 3.8) is 0 Å². The predicted molar refractivity (Wildman–Crippen MR) is 131 cm³/mol. The van der Waals surface area contributed by atoms with Crippen molar-refractivity contribution in [1.82, 2.24) is 15.5 Å². The first-order valence-electron chi connectivity index (χ1n) is 12.6. The van der Waals surface area contributed by atoms with Gasteiger partial charge in [0, 0.05) is 38.5 Å². The lowest BCUT2D eigenvalue weighted by molar-refractivity contribution is -0.131. The van der Waals surface area contributed by atoms with E-state index in [1.807, 2.05) is 18.7 Å². The molecule has 6 nitrogen and oxygen atoms in total. The Morgan fingerprint density at radius 1 is 1.03 bits per heavy atom. The largest absolute Gasteiger partial charge is 0.390 e. The third-order valence-electron chi connectivity index (χ3n) is 5.57. The summed E-state index contributed by atoms with van der Waals surface area (Å²) in [6.07, 6.45) is 2.70. The van der Waals surface area contributed by atoms with Gasteiger partial charge in [0.2, 0.25) is 11.8 Å². The quantitative estimate of drug-likeness (QED) is 0.294. The highest BCUT2D eigenvalue weighted by molar-refractivity contribution is 5.79. The van der Waals surface area contributed by atoms with Gasteiger partial charge in [-0.3, -0.25) is 9.59 Å². The minimum atomic E-state index is -0.936. The molecule has 2 amide bonds. The Morgan fingerprint density at radius 2 is 1.65 bits per heavy atom. The van der Waals surface area contributed by atoms with E-state index >= 15 is 0 Å². The van der Waals surface area contributed by atoms with Crippen LogP contribution in [0.4, 0.5) is 8.78 Å². The van der Waals surface area contributed by atoms with Gasteiger partial charge in [-0.1, -0.05) is 27.7 Å². The summed E-state index contributed by atoms with van der Waals surface area (Å²) >= 11 is 0. The van der Waals surface area contributed by atoms with Gasteiger partial charge in [0.1, 0.15) is 11.6 Å². The number of rotatable bonds is 17. The van der Waals surface area contributed by atoms with E-state index < -0.39 is 23.8 Å². The smallest absolute Gasteiger partial charge is 0.222 e. The molecule has 0 aliphatic rings. The zero-order chi connectivity index (χ0) is 25.5. The number of halogens is 2. The Hall–Kier alpha value is -2.06. The van der Waals surface area contributed by atoms with E-state index in [1.54, 1.807) is 0 Å². The van der Waals surface area contributed by atoms with Crippen LogP contribution in [0.2, 0.25) is 0 Å². The van der Waals surface area contributed by atoms with Crippen molar-refractivity contribution in [3.05, 3.63) is 35.4 Å². The first kappa shape index (κ1) is 30.0. The topological polar surface area (TPSA) is 81.7 Å². The SMILES string of the molecule is CCCN(CCC)C(=O)CCCC(=O)N[C@@H](Cc1cc(F)cc(F)c1)[C@H](O)CNCCC(C)C. The normalized spacial score (nSPS) is 13.1. The molecule has 0 saturated carbocycles. The molecule has 0 aromatic heterocycles. The van der Waals surface area contributed by atoms with Gasteiger partial charge in [0.15, 0.2) is 0 Å². The number of carbonyl (C=O) groups is 2. The molecule has 8 heteroatoms. The van der Waals surface area contributed by atoms with Gasteiger partial charge in [-0.2, -0.15) is 0 Å². The van der Waals surface area contributed by atoms with Gasteiger partial charge >= 0.3 is 0 Å². The molecule has 0 unspecified atom stereocenters. The van der Waals surface area contributed by atoms with Crippen molar-refractivity contribution in [2.75, 3.05) is 26.2 Å². The van der Waals surface area contributed by atoms with Crippen molar-refractivity contribution < 1.29 is 23.5 Å². The molecule has 0 spiro atoms. The molecule has 194 valence electrons. The minimum absolute atomic E-state index is 0.0395. The van der Waals surface area contributed by atoms with Gasteiger partial charge in [0.25, 0.3) is 0 Å². The molecule has 0 heterocycles. The summed E-state index contributed by atoms with van der Waals surface area (Å²) in [6, 6.07) is 2.48. The van der Waals surface area contributed by atoms with Crippen molar-refractivity contribution >= 4 is 11.8 Å². The zero-order valence-corrected chi connectivity index (χ0v) is 21.2. The van der Waals surface area contributed by atoms with E-state index in [1.165, 1.54) is 12.1 Å².